The van der Waals surface area contributed by atoms with E-state index in [0.717, 1.165) is 21.8 Å². The molecule has 3 aromatic rings. The number of thiazole rings is 1. The predicted octanol–water partition coefficient (Wildman–Crippen LogP) is 5.14. The number of benzene rings is 1. The molecule has 0 saturated carbocycles. The first-order chi connectivity index (χ1) is 13.0. The Morgan fingerprint density at radius 3 is 2.63 bits per heavy atom. The quantitative estimate of drug-likeness (QED) is 0.536. The smallest absolute Gasteiger partial charge is 0.236 e. The van der Waals surface area contributed by atoms with Crippen molar-refractivity contribution in [2.24, 2.45) is 0 Å². The zero-order chi connectivity index (χ0) is 19.2. The largest absolute Gasteiger partial charge is 0.325 e. The standard InChI is InChI=1S/C18H16ClN3O2S3/c1-11-3-2-4-12(7-11)20-16(23)9-25-10-17(24)22-18-21-13(8-26-18)14-5-6-15(19)27-14/h2-8H,9-10H2,1H3,(H,20,23)(H,21,22,24). The van der Waals surface area contributed by atoms with Crippen LogP contribution in [0.25, 0.3) is 10.6 Å². The molecule has 27 heavy (non-hydrogen) atoms. The van der Waals surface area contributed by atoms with Crippen LogP contribution in [0.2, 0.25) is 4.34 Å². The van der Waals surface area contributed by atoms with Crippen LogP contribution in [0.4, 0.5) is 10.8 Å². The van der Waals surface area contributed by atoms with E-state index >= 15 is 0 Å². The molecule has 0 bridgehead atoms. The van der Waals surface area contributed by atoms with Gasteiger partial charge in [-0.2, -0.15) is 0 Å². The van der Waals surface area contributed by atoms with Gasteiger partial charge in [0, 0.05) is 11.1 Å². The van der Waals surface area contributed by atoms with Gasteiger partial charge in [-0.3, -0.25) is 9.59 Å². The molecule has 0 radical (unpaired) electrons. The summed E-state index contributed by atoms with van der Waals surface area (Å²) in [5, 5.41) is 7.98. The maximum absolute atomic E-state index is 12.0. The topological polar surface area (TPSA) is 71.1 Å². The van der Waals surface area contributed by atoms with Crippen LogP contribution in [0, 0.1) is 6.92 Å². The molecule has 2 aromatic heterocycles. The number of aromatic nitrogens is 1. The van der Waals surface area contributed by atoms with Gasteiger partial charge in [0.25, 0.3) is 0 Å². The SMILES string of the molecule is Cc1cccc(NC(=O)CSCC(=O)Nc2nc(-c3ccc(Cl)s3)cs2)c1. The number of hydrogen-bond acceptors (Lipinski definition) is 6. The molecule has 0 aliphatic carbocycles. The summed E-state index contributed by atoms with van der Waals surface area (Å²) in [5.74, 6) is 0.0667. The first kappa shape index (κ1) is 19.9. The van der Waals surface area contributed by atoms with Crippen molar-refractivity contribution in [3.05, 3.63) is 51.7 Å². The van der Waals surface area contributed by atoms with Crippen LogP contribution in [-0.2, 0) is 9.59 Å². The van der Waals surface area contributed by atoms with Gasteiger partial charge in [0.1, 0.15) is 0 Å². The minimum absolute atomic E-state index is 0.135. The predicted molar refractivity (Wildman–Crippen MR) is 116 cm³/mol. The molecule has 0 saturated heterocycles. The molecule has 0 aliphatic heterocycles. The fourth-order valence-corrected chi connectivity index (χ4v) is 4.63. The van der Waals surface area contributed by atoms with E-state index in [1.54, 1.807) is 0 Å². The molecule has 2 amide bonds. The third-order valence-electron chi connectivity index (χ3n) is 3.34. The Labute approximate surface area is 174 Å². The number of nitrogens with zero attached hydrogens (tertiary/aromatic N) is 1. The molecule has 5 nitrogen and oxygen atoms in total. The van der Waals surface area contributed by atoms with E-state index in [-0.39, 0.29) is 23.3 Å². The highest BCUT2D eigenvalue weighted by atomic mass is 35.5. The number of rotatable bonds is 7. The molecule has 2 heterocycles. The highest BCUT2D eigenvalue weighted by Crippen LogP contribution is 2.32. The molecule has 2 N–H and O–H groups in total. The second kappa shape index (κ2) is 9.36. The van der Waals surface area contributed by atoms with Gasteiger partial charge in [-0.1, -0.05) is 23.7 Å². The number of halogens is 1. The number of thioether (sulfide) groups is 1. The van der Waals surface area contributed by atoms with Crippen molar-refractivity contribution in [3.63, 3.8) is 0 Å². The summed E-state index contributed by atoms with van der Waals surface area (Å²) in [7, 11) is 0. The number of nitrogens with one attached hydrogen (secondary N) is 2. The zero-order valence-electron chi connectivity index (χ0n) is 14.3. The number of aryl methyl sites for hydroxylation is 1. The van der Waals surface area contributed by atoms with Crippen LogP contribution in [0.5, 0.6) is 0 Å². The van der Waals surface area contributed by atoms with Crippen LogP contribution in [0.15, 0.2) is 41.8 Å². The summed E-state index contributed by atoms with van der Waals surface area (Å²) in [6.07, 6.45) is 0. The summed E-state index contributed by atoms with van der Waals surface area (Å²) < 4.78 is 0.698. The molecule has 3 rings (SSSR count). The molecule has 0 atom stereocenters. The van der Waals surface area contributed by atoms with Crippen molar-refractivity contribution < 1.29 is 9.59 Å². The van der Waals surface area contributed by atoms with Crippen molar-refractivity contribution in [1.29, 1.82) is 0 Å². The maximum atomic E-state index is 12.0. The Morgan fingerprint density at radius 2 is 1.93 bits per heavy atom. The number of carbonyl (C=O) groups is 2. The first-order valence-corrected chi connectivity index (χ1v) is 11.2. The fraction of sp³-hybridized carbons (Fsp3) is 0.167. The number of amides is 2. The number of carbonyl (C=O) groups excluding carboxylic acids is 2. The van der Waals surface area contributed by atoms with Crippen LogP contribution < -0.4 is 10.6 Å². The number of thiophene rings is 1. The average Bonchev–Trinajstić information content (AvgIpc) is 3.23. The Bertz CT molecular complexity index is 955. The number of hydrogen-bond donors (Lipinski definition) is 2. The van der Waals surface area contributed by atoms with Crippen molar-refractivity contribution in [2.45, 2.75) is 6.92 Å². The van der Waals surface area contributed by atoms with Gasteiger partial charge in [0.15, 0.2) is 5.13 Å². The zero-order valence-corrected chi connectivity index (χ0v) is 17.5. The normalized spacial score (nSPS) is 10.6. The van der Waals surface area contributed by atoms with Gasteiger partial charge < -0.3 is 10.6 Å². The molecule has 0 aliphatic rings. The van der Waals surface area contributed by atoms with E-state index in [1.165, 1.54) is 34.4 Å². The average molecular weight is 438 g/mol. The van der Waals surface area contributed by atoms with Crippen molar-refractivity contribution in [1.82, 2.24) is 4.98 Å². The van der Waals surface area contributed by atoms with Crippen LogP contribution in [0.1, 0.15) is 5.56 Å². The third kappa shape index (κ3) is 6.07. The van der Waals surface area contributed by atoms with Crippen LogP contribution >= 0.6 is 46.0 Å². The van der Waals surface area contributed by atoms with Gasteiger partial charge in [-0.05, 0) is 36.8 Å². The Hall–Kier alpha value is -1.87. The molecular formula is C18H16ClN3O2S3. The third-order valence-corrected chi connectivity index (χ3v) is 6.29. The van der Waals surface area contributed by atoms with E-state index in [2.05, 4.69) is 15.6 Å². The molecule has 0 unspecified atom stereocenters. The molecule has 0 fully saturated rings. The molecule has 9 heteroatoms. The minimum atomic E-state index is -0.187. The lowest BCUT2D eigenvalue weighted by molar-refractivity contribution is -0.114. The molecular weight excluding hydrogens is 422 g/mol. The maximum Gasteiger partial charge on any atom is 0.236 e. The molecule has 140 valence electrons. The van der Waals surface area contributed by atoms with E-state index < -0.39 is 0 Å². The first-order valence-electron chi connectivity index (χ1n) is 7.95. The summed E-state index contributed by atoms with van der Waals surface area (Å²) in [5.41, 5.74) is 2.62. The van der Waals surface area contributed by atoms with E-state index in [4.69, 9.17) is 11.6 Å². The number of anilines is 2. The van der Waals surface area contributed by atoms with Gasteiger partial charge in [0.2, 0.25) is 11.8 Å². The highest BCUT2D eigenvalue weighted by Gasteiger charge is 2.11. The summed E-state index contributed by atoms with van der Waals surface area (Å²) in [6, 6.07) is 11.3. The lowest BCUT2D eigenvalue weighted by Gasteiger charge is -2.06. The fourth-order valence-electron chi connectivity index (χ4n) is 2.21. The molecule has 1 aromatic carbocycles. The monoisotopic (exact) mass is 437 g/mol. The minimum Gasteiger partial charge on any atom is -0.325 e. The van der Waals surface area contributed by atoms with E-state index in [9.17, 15) is 9.59 Å². The highest BCUT2D eigenvalue weighted by molar-refractivity contribution is 8.00. The van der Waals surface area contributed by atoms with E-state index in [1.807, 2.05) is 48.7 Å². The van der Waals surface area contributed by atoms with Crippen molar-refractivity contribution in [2.75, 3.05) is 22.1 Å². The Balaban J connectivity index is 1.42. The summed E-state index contributed by atoms with van der Waals surface area (Å²) in [4.78, 5) is 29.3. The second-order valence-electron chi connectivity index (χ2n) is 5.60. The summed E-state index contributed by atoms with van der Waals surface area (Å²) in [6.45, 7) is 1.96. The van der Waals surface area contributed by atoms with Gasteiger partial charge in [0.05, 0.1) is 26.4 Å². The summed E-state index contributed by atoms with van der Waals surface area (Å²) >= 11 is 9.98. The van der Waals surface area contributed by atoms with Crippen LogP contribution in [0.3, 0.4) is 0 Å². The molecule has 0 spiro atoms. The Kier molecular flexibility index (Phi) is 6.89. The van der Waals surface area contributed by atoms with Crippen LogP contribution in [-0.4, -0.2) is 28.3 Å². The second-order valence-corrected chi connectivity index (χ2v) is 9.16. The lowest BCUT2D eigenvalue weighted by atomic mass is 10.2. The van der Waals surface area contributed by atoms with E-state index in [0.29, 0.717) is 9.47 Å². The van der Waals surface area contributed by atoms with Crippen molar-refractivity contribution in [3.8, 4) is 10.6 Å². The van der Waals surface area contributed by atoms with Gasteiger partial charge in [-0.25, -0.2) is 4.98 Å². The Morgan fingerprint density at radius 1 is 1.15 bits per heavy atom. The van der Waals surface area contributed by atoms with Gasteiger partial charge >= 0.3 is 0 Å². The van der Waals surface area contributed by atoms with Gasteiger partial charge in [-0.15, -0.1) is 34.4 Å². The van der Waals surface area contributed by atoms with Crippen molar-refractivity contribution >= 4 is 68.7 Å². The lowest BCUT2D eigenvalue weighted by Crippen LogP contribution is -2.18.